The number of ether oxygens (including phenoxy) is 1. The molecule has 0 N–H and O–H groups in total. The molecule has 1 aliphatic heterocycles. The van der Waals surface area contributed by atoms with Gasteiger partial charge in [-0.15, -0.1) is 0 Å². The topological polar surface area (TPSA) is 85.5 Å². The van der Waals surface area contributed by atoms with Gasteiger partial charge in [-0.3, -0.25) is 14.3 Å². The number of likely N-dealkylation sites (tertiary alicyclic amines) is 1. The lowest BCUT2D eigenvalue weighted by molar-refractivity contribution is -0.135. The molecule has 9 nitrogen and oxygen atoms in total. The summed E-state index contributed by atoms with van der Waals surface area (Å²) in [5.74, 6) is 0.121. The second-order valence-electron chi connectivity index (χ2n) is 6.95. The van der Waals surface area contributed by atoms with Crippen LogP contribution < -0.4 is 0 Å². The van der Waals surface area contributed by atoms with E-state index in [-0.39, 0.29) is 18.2 Å². The molecule has 0 aliphatic carbocycles. The van der Waals surface area contributed by atoms with Crippen molar-refractivity contribution in [2.24, 2.45) is 20.0 Å². The predicted octanol–water partition coefficient (Wildman–Crippen LogP) is 0.348. The fourth-order valence-electron chi connectivity index (χ4n) is 3.63. The lowest BCUT2D eigenvalue weighted by Crippen LogP contribution is -2.38. The van der Waals surface area contributed by atoms with Crippen molar-refractivity contribution in [3.63, 3.8) is 0 Å². The van der Waals surface area contributed by atoms with Crippen LogP contribution in [-0.4, -0.2) is 68.3 Å². The minimum atomic E-state index is -0.475. The third kappa shape index (κ3) is 3.87. The van der Waals surface area contributed by atoms with Gasteiger partial charge in [0.25, 0.3) is 0 Å². The summed E-state index contributed by atoms with van der Waals surface area (Å²) in [6.07, 6.45) is 7.31. The summed E-state index contributed by atoms with van der Waals surface area (Å²) in [4.78, 5) is 33.6. The van der Waals surface area contributed by atoms with Crippen molar-refractivity contribution in [2.45, 2.75) is 19.0 Å². The van der Waals surface area contributed by atoms with Crippen molar-refractivity contribution in [3.05, 3.63) is 36.2 Å². The first-order valence-electron chi connectivity index (χ1n) is 8.90. The fraction of sp³-hybridized carbons (Fsp3) is 0.556. The number of hydrogen-bond acceptors (Lipinski definition) is 5. The number of rotatable bonds is 7. The number of hydrogen-bond donors (Lipinski definition) is 0. The zero-order chi connectivity index (χ0) is 19.6. The van der Waals surface area contributed by atoms with Crippen LogP contribution in [0.1, 0.15) is 23.9 Å². The maximum absolute atomic E-state index is 13.2. The maximum atomic E-state index is 13.2. The molecule has 27 heavy (non-hydrogen) atoms. The fourth-order valence-corrected chi connectivity index (χ4v) is 3.63. The number of carbonyl (C=O) groups excluding carboxylic acids is 2. The van der Waals surface area contributed by atoms with Gasteiger partial charge in [0.1, 0.15) is 11.9 Å². The van der Waals surface area contributed by atoms with E-state index in [1.807, 2.05) is 31.1 Å². The summed E-state index contributed by atoms with van der Waals surface area (Å²) >= 11 is 0. The number of carbonyl (C=O) groups is 2. The number of methoxy groups -OCH3 is 1. The highest BCUT2D eigenvalue weighted by Crippen LogP contribution is 2.38. The van der Waals surface area contributed by atoms with Crippen molar-refractivity contribution in [1.82, 2.24) is 29.1 Å². The molecular weight excluding hydrogens is 348 g/mol. The number of aryl methyl sites for hydroxylation is 2. The van der Waals surface area contributed by atoms with Gasteiger partial charge in [-0.1, -0.05) is 0 Å². The Morgan fingerprint density at radius 3 is 2.78 bits per heavy atom. The third-order valence-corrected chi connectivity index (χ3v) is 4.96. The summed E-state index contributed by atoms with van der Waals surface area (Å²) in [7, 11) is 7.07. The Balaban J connectivity index is 1.83. The van der Waals surface area contributed by atoms with E-state index < -0.39 is 12.0 Å². The van der Waals surface area contributed by atoms with Gasteiger partial charge in [-0.2, -0.15) is 5.10 Å². The van der Waals surface area contributed by atoms with Gasteiger partial charge in [-0.05, 0) is 0 Å². The first kappa shape index (κ1) is 19.1. The molecule has 0 radical (unpaired) electrons. The van der Waals surface area contributed by atoms with E-state index in [9.17, 15) is 9.59 Å². The van der Waals surface area contributed by atoms with Crippen LogP contribution in [0.25, 0.3) is 0 Å². The predicted molar refractivity (Wildman–Crippen MR) is 97.3 cm³/mol. The Labute approximate surface area is 158 Å². The summed E-state index contributed by atoms with van der Waals surface area (Å²) in [5.41, 5.74) is 0.947. The zero-order valence-corrected chi connectivity index (χ0v) is 16.2. The standard InChI is InChI=1S/C18H26N6O3/c1-21-6-5-19-17(21)16-14(9-15(25)24(16)7-8-27-4)18(26)22(2)11-13-10-20-23(3)12-13/h5-6,10,12,14,16H,7-9,11H2,1-4H3/t14-,16-/m0/s1. The third-order valence-electron chi connectivity index (χ3n) is 4.96. The molecule has 3 rings (SSSR count). The molecule has 0 aromatic carbocycles. The Hall–Kier alpha value is -2.68. The Morgan fingerprint density at radius 1 is 1.41 bits per heavy atom. The van der Waals surface area contributed by atoms with Crippen LogP contribution in [0.5, 0.6) is 0 Å². The van der Waals surface area contributed by atoms with Crippen molar-refractivity contribution in [2.75, 3.05) is 27.3 Å². The number of amides is 2. The van der Waals surface area contributed by atoms with Gasteiger partial charge in [0.05, 0.1) is 18.7 Å². The molecule has 146 valence electrons. The lowest BCUT2D eigenvalue weighted by Gasteiger charge is -2.29. The highest BCUT2D eigenvalue weighted by molar-refractivity contribution is 5.90. The zero-order valence-electron chi connectivity index (χ0n) is 16.2. The molecule has 0 unspecified atom stereocenters. The molecule has 1 aliphatic rings. The highest BCUT2D eigenvalue weighted by Gasteiger charge is 2.46. The Bertz CT molecular complexity index is 814. The summed E-state index contributed by atoms with van der Waals surface area (Å²) in [5, 5.41) is 4.14. The number of aromatic nitrogens is 4. The van der Waals surface area contributed by atoms with Crippen molar-refractivity contribution in [3.8, 4) is 0 Å². The smallest absolute Gasteiger partial charge is 0.228 e. The van der Waals surface area contributed by atoms with E-state index in [1.165, 1.54) is 0 Å². The second kappa shape index (κ2) is 7.91. The second-order valence-corrected chi connectivity index (χ2v) is 6.95. The molecule has 2 atom stereocenters. The molecule has 2 aromatic rings. The maximum Gasteiger partial charge on any atom is 0.228 e. The van der Waals surface area contributed by atoms with Crippen LogP contribution in [0.2, 0.25) is 0 Å². The van der Waals surface area contributed by atoms with Crippen molar-refractivity contribution < 1.29 is 14.3 Å². The van der Waals surface area contributed by atoms with E-state index in [0.29, 0.717) is 25.5 Å². The molecule has 0 bridgehead atoms. The average molecular weight is 374 g/mol. The van der Waals surface area contributed by atoms with Crippen LogP contribution in [0, 0.1) is 5.92 Å². The number of imidazole rings is 1. The van der Waals surface area contributed by atoms with Crippen LogP contribution in [0.3, 0.4) is 0 Å². The molecule has 1 fully saturated rings. The molecule has 0 spiro atoms. The van der Waals surface area contributed by atoms with Gasteiger partial charge in [-0.25, -0.2) is 4.98 Å². The van der Waals surface area contributed by atoms with Crippen LogP contribution in [-0.2, 0) is 35.0 Å². The highest BCUT2D eigenvalue weighted by atomic mass is 16.5. The summed E-state index contributed by atoms with van der Waals surface area (Å²) in [6.45, 7) is 1.30. The van der Waals surface area contributed by atoms with E-state index in [2.05, 4.69) is 10.1 Å². The summed E-state index contributed by atoms with van der Waals surface area (Å²) < 4.78 is 8.72. The first-order chi connectivity index (χ1) is 12.9. The normalized spacial score (nSPS) is 19.7. The molecule has 0 saturated carbocycles. The van der Waals surface area contributed by atoms with E-state index in [4.69, 9.17) is 4.74 Å². The van der Waals surface area contributed by atoms with Crippen LogP contribution in [0.4, 0.5) is 0 Å². The molecule has 2 amide bonds. The SMILES string of the molecule is COCCN1C(=O)C[C@H](C(=O)N(C)Cc2cnn(C)c2)[C@H]1c1nccn1C. The monoisotopic (exact) mass is 374 g/mol. The van der Waals surface area contributed by atoms with Gasteiger partial charge >= 0.3 is 0 Å². The minimum absolute atomic E-state index is 0.0480. The largest absolute Gasteiger partial charge is 0.383 e. The van der Waals surface area contributed by atoms with E-state index >= 15 is 0 Å². The number of nitrogens with zero attached hydrogens (tertiary/aromatic N) is 6. The van der Waals surface area contributed by atoms with Crippen LogP contribution in [0.15, 0.2) is 24.8 Å². The molecule has 9 heteroatoms. The van der Waals surface area contributed by atoms with E-state index in [1.54, 1.807) is 41.0 Å². The molecule has 2 aromatic heterocycles. The molecular formula is C18H26N6O3. The van der Waals surface area contributed by atoms with Crippen molar-refractivity contribution >= 4 is 11.8 Å². The lowest BCUT2D eigenvalue weighted by atomic mass is 9.97. The Kier molecular flexibility index (Phi) is 5.59. The molecule has 3 heterocycles. The molecule has 1 saturated heterocycles. The minimum Gasteiger partial charge on any atom is -0.383 e. The van der Waals surface area contributed by atoms with Gasteiger partial charge in [0.2, 0.25) is 11.8 Å². The quantitative estimate of drug-likeness (QED) is 0.698. The van der Waals surface area contributed by atoms with Gasteiger partial charge < -0.3 is 19.1 Å². The average Bonchev–Trinajstić information content (AvgIpc) is 3.31. The van der Waals surface area contributed by atoms with E-state index in [0.717, 1.165) is 5.56 Å². The first-order valence-corrected chi connectivity index (χ1v) is 8.90. The van der Waals surface area contributed by atoms with Gasteiger partial charge in [0.15, 0.2) is 0 Å². The Morgan fingerprint density at radius 2 is 2.19 bits per heavy atom. The van der Waals surface area contributed by atoms with Crippen molar-refractivity contribution in [1.29, 1.82) is 0 Å². The summed E-state index contributed by atoms with van der Waals surface area (Å²) in [6, 6.07) is -0.392. The van der Waals surface area contributed by atoms with Gasteiger partial charge in [0, 0.05) is 71.9 Å². The van der Waals surface area contributed by atoms with Crippen LogP contribution >= 0.6 is 0 Å².